The Morgan fingerprint density at radius 2 is 2.06 bits per heavy atom. The van der Waals surface area contributed by atoms with E-state index < -0.39 is 0 Å². The second kappa shape index (κ2) is 4.78. The summed E-state index contributed by atoms with van der Waals surface area (Å²) in [6.07, 6.45) is 4.61. The summed E-state index contributed by atoms with van der Waals surface area (Å²) in [4.78, 5) is 12.8. The number of nitrogens with one attached hydrogen (secondary N) is 1. The normalized spacial score (nSPS) is 18.7. The van der Waals surface area contributed by atoms with Crippen LogP contribution in [0.4, 0.5) is 0 Å². The Morgan fingerprint density at radius 1 is 1.44 bits per heavy atom. The maximum atomic E-state index is 12.0. The first-order valence-corrected chi connectivity index (χ1v) is 7.68. The van der Waals surface area contributed by atoms with Crippen molar-refractivity contribution >= 4 is 49.1 Å². The molecule has 2 nitrogen and oxygen atoms in total. The lowest BCUT2D eigenvalue weighted by Crippen LogP contribution is -2.43. The average molecular weight is 367 g/mol. The zero-order valence-electron chi connectivity index (χ0n) is 8.98. The molecule has 0 bridgehead atoms. The minimum atomic E-state index is 0.0000255. The number of amides is 1. The van der Waals surface area contributed by atoms with E-state index in [0.717, 1.165) is 26.0 Å². The maximum Gasteiger partial charge on any atom is 0.261 e. The molecule has 1 saturated carbocycles. The molecule has 16 heavy (non-hydrogen) atoms. The van der Waals surface area contributed by atoms with Gasteiger partial charge in [0.05, 0.1) is 8.66 Å². The molecule has 0 atom stereocenters. The Kier molecular flexibility index (Phi) is 3.76. The van der Waals surface area contributed by atoms with E-state index in [9.17, 15) is 4.79 Å². The largest absolute Gasteiger partial charge is 0.346 e. The number of hydrogen-bond donors (Lipinski definition) is 1. The molecule has 0 radical (unpaired) electrons. The third kappa shape index (κ3) is 2.68. The van der Waals surface area contributed by atoms with Gasteiger partial charge < -0.3 is 5.32 Å². The molecule has 1 N–H and O–H groups in total. The van der Waals surface area contributed by atoms with Gasteiger partial charge in [0.2, 0.25) is 0 Å². The van der Waals surface area contributed by atoms with Gasteiger partial charge in [0.15, 0.2) is 0 Å². The molecule has 0 saturated heterocycles. The summed E-state index contributed by atoms with van der Waals surface area (Å²) < 4.78 is 1.91. The van der Waals surface area contributed by atoms with Crippen molar-refractivity contribution in [1.82, 2.24) is 5.32 Å². The van der Waals surface area contributed by atoms with E-state index in [-0.39, 0.29) is 11.4 Å². The fourth-order valence-electron chi connectivity index (χ4n) is 2.07. The summed E-state index contributed by atoms with van der Waals surface area (Å²) in [6, 6.07) is 1.86. The maximum absolute atomic E-state index is 12.0. The summed E-state index contributed by atoms with van der Waals surface area (Å²) in [5.74, 6) is 0.0424. The number of carbonyl (C=O) groups is 1. The molecule has 0 unspecified atom stereocenters. The Hall–Kier alpha value is 0.130. The summed E-state index contributed by atoms with van der Waals surface area (Å²) in [5, 5.41) is 3.14. The topological polar surface area (TPSA) is 29.1 Å². The zero-order chi connectivity index (χ0) is 11.8. The summed E-state index contributed by atoms with van der Waals surface area (Å²) in [7, 11) is 0. The lowest BCUT2D eigenvalue weighted by atomic mass is 10.0. The van der Waals surface area contributed by atoms with Crippen LogP contribution in [0.5, 0.6) is 0 Å². The Morgan fingerprint density at radius 3 is 2.56 bits per heavy atom. The van der Waals surface area contributed by atoms with Gasteiger partial charge in [0.25, 0.3) is 5.91 Å². The Balaban J connectivity index is 2.08. The van der Waals surface area contributed by atoms with Crippen LogP contribution in [0.15, 0.2) is 14.3 Å². The van der Waals surface area contributed by atoms with Gasteiger partial charge in [0, 0.05) is 10.0 Å². The zero-order valence-corrected chi connectivity index (χ0v) is 13.0. The van der Waals surface area contributed by atoms with E-state index >= 15 is 0 Å². The van der Waals surface area contributed by atoms with E-state index in [2.05, 4.69) is 44.1 Å². The van der Waals surface area contributed by atoms with E-state index in [0.29, 0.717) is 0 Å². The average Bonchev–Trinajstić information content (AvgIpc) is 2.75. The van der Waals surface area contributed by atoms with Crippen LogP contribution in [0.25, 0.3) is 0 Å². The predicted octanol–water partition coefficient (Wildman–Crippen LogP) is 4.34. The van der Waals surface area contributed by atoms with Crippen LogP contribution < -0.4 is 5.32 Å². The molecule has 1 amide bonds. The molecular weight excluding hydrogens is 354 g/mol. The van der Waals surface area contributed by atoms with Crippen molar-refractivity contribution in [2.24, 2.45) is 0 Å². The van der Waals surface area contributed by atoms with Crippen molar-refractivity contribution in [2.75, 3.05) is 0 Å². The van der Waals surface area contributed by atoms with Gasteiger partial charge in [-0.15, -0.1) is 11.3 Å². The molecule has 0 aliphatic heterocycles. The first-order chi connectivity index (χ1) is 7.50. The highest BCUT2D eigenvalue weighted by Crippen LogP contribution is 2.34. The van der Waals surface area contributed by atoms with Crippen molar-refractivity contribution in [3.05, 3.63) is 19.2 Å². The first-order valence-electron chi connectivity index (χ1n) is 5.27. The van der Waals surface area contributed by atoms with Gasteiger partial charge in [-0.25, -0.2) is 0 Å². The number of hydrogen-bond acceptors (Lipinski definition) is 2. The molecule has 1 aromatic heterocycles. The molecule has 0 aromatic carbocycles. The van der Waals surface area contributed by atoms with E-state index in [4.69, 9.17) is 0 Å². The fourth-order valence-corrected chi connectivity index (χ4v) is 4.01. The third-order valence-electron chi connectivity index (χ3n) is 2.99. The van der Waals surface area contributed by atoms with Crippen LogP contribution in [-0.4, -0.2) is 11.4 Å². The molecular formula is C11H13Br2NOS. The van der Waals surface area contributed by atoms with Crippen LogP contribution in [0, 0.1) is 0 Å². The minimum absolute atomic E-state index is 0.0000255. The van der Waals surface area contributed by atoms with E-state index in [1.807, 2.05) is 6.07 Å². The molecule has 1 fully saturated rings. The second-order valence-corrected chi connectivity index (χ2v) is 7.68. The van der Waals surface area contributed by atoms with Gasteiger partial charge in [-0.1, -0.05) is 12.8 Å². The van der Waals surface area contributed by atoms with Gasteiger partial charge in [-0.2, -0.15) is 0 Å². The van der Waals surface area contributed by atoms with Crippen LogP contribution in [0.1, 0.15) is 42.3 Å². The van der Waals surface area contributed by atoms with E-state index in [1.165, 1.54) is 24.2 Å². The number of halogens is 2. The molecule has 1 aliphatic carbocycles. The van der Waals surface area contributed by atoms with E-state index in [1.54, 1.807) is 0 Å². The van der Waals surface area contributed by atoms with Gasteiger partial charge in [0.1, 0.15) is 0 Å². The molecule has 5 heteroatoms. The molecule has 2 rings (SSSR count). The monoisotopic (exact) mass is 365 g/mol. The van der Waals surface area contributed by atoms with Crippen molar-refractivity contribution in [2.45, 2.75) is 38.1 Å². The van der Waals surface area contributed by atoms with Gasteiger partial charge in [-0.3, -0.25) is 4.79 Å². The van der Waals surface area contributed by atoms with Crippen LogP contribution >= 0.6 is 43.2 Å². The molecule has 1 heterocycles. The van der Waals surface area contributed by atoms with Crippen molar-refractivity contribution < 1.29 is 4.79 Å². The second-order valence-electron chi connectivity index (χ2n) is 4.45. The lowest BCUT2D eigenvalue weighted by Gasteiger charge is -2.24. The molecule has 0 spiro atoms. The molecule has 1 aromatic rings. The van der Waals surface area contributed by atoms with Gasteiger partial charge in [-0.05, 0) is 57.7 Å². The van der Waals surface area contributed by atoms with Gasteiger partial charge >= 0.3 is 0 Å². The SMILES string of the molecule is CC1(NC(=O)c2cc(Br)c(Br)s2)CCCC1. The van der Waals surface area contributed by atoms with Crippen LogP contribution in [-0.2, 0) is 0 Å². The Labute approximate surface area is 116 Å². The number of carbonyl (C=O) groups excluding carboxylic acids is 1. The van der Waals surface area contributed by atoms with Crippen molar-refractivity contribution in [3.8, 4) is 0 Å². The lowest BCUT2D eigenvalue weighted by molar-refractivity contribution is 0.0912. The van der Waals surface area contributed by atoms with Crippen LogP contribution in [0.2, 0.25) is 0 Å². The third-order valence-corrected chi connectivity index (χ3v) is 6.25. The van der Waals surface area contributed by atoms with Crippen molar-refractivity contribution in [1.29, 1.82) is 0 Å². The van der Waals surface area contributed by atoms with Crippen LogP contribution in [0.3, 0.4) is 0 Å². The summed E-state index contributed by atoms with van der Waals surface area (Å²) in [6.45, 7) is 2.13. The molecule has 1 aliphatic rings. The quantitative estimate of drug-likeness (QED) is 0.828. The standard InChI is InChI=1S/C11H13Br2NOS/c1-11(4-2-3-5-11)14-10(15)8-6-7(12)9(13)16-8/h6H,2-5H2,1H3,(H,14,15). The van der Waals surface area contributed by atoms with Crippen molar-refractivity contribution in [3.63, 3.8) is 0 Å². The summed E-state index contributed by atoms with van der Waals surface area (Å²) in [5.41, 5.74) is 0.0000255. The fraction of sp³-hybridized carbons (Fsp3) is 0.545. The number of rotatable bonds is 2. The highest BCUT2D eigenvalue weighted by Gasteiger charge is 2.30. The highest BCUT2D eigenvalue weighted by molar-refractivity contribution is 9.13. The predicted molar refractivity (Wildman–Crippen MR) is 74.1 cm³/mol. The smallest absolute Gasteiger partial charge is 0.261 e. The highest BCUT2D eigenvalue weighted by atomic mass is 79.9. The number of thiophene rings is 1. The Bertz CT molecular complexity index is 391. The first kappa shape index (κ1) is 12.6. The molecule has 88 valence electrons. The minimum Gasteiger partial charge on any atom is -0.346 e. The summed E-state index contributed by atoms with van der Waals surface area (Å²) >= 11 is 8.26.